The van der Waals surface area contributed by atoms with Crippen molar-refractivity contribution in [3.05, 3.63) is 82.9 Å². The number of Topliss-reactive ketones (excluding diaryl/α,β-unsaturated/α-hetero) is 1. The molecule has 2 aromatic carbocycles. The number of benzene rings is 2. The zero-order valence-electron chi connectivity index (χ0n) is 35.5. The minimum absolute atomic E-state index is 0.151. The molecule has 2 bridgehead atoms. The summed E-state index contributed by atoms with van der Waals surface area (Å²) < 4.78 is 42.7. The predicted octanol–water partition coefficient (Wildman–Crippen LogP) is 5.60. The van der Waals surface area contributed by atoms with Gasteiger partial charge in [0.25, 0.3) is 0 Å². The molecular weight excluding hydrogens is 762 g/mol. The molecule has 2 saturated carbocycles. The SMILES string of the molecule is CO[C@H]1C(=O)C2(C)[C@@H](OC)C[C@H]3OC[C@@]3(OC(C)=O)[C@H]2[C@H](OC(=O)c2ccccc2)C2(O)C[C@H](OC(=O)C[C@@H](NC(=O)OC(C)(C)C)c3ccccc3)C(C)=C1C2(C)C. The molecule has 10 atom stereocenters. The number of hydrogen-bond donors (Lipinski definition) is 2. The lowest BCUT2D eigenvalue weighted by molar-refractivity contribution is -0.347. The molecular formula is C45H57NO13. The largest absolute Gasteiger partial charge is 0.458 e. The van der Waals surface area contributed by atoms with Crippen LogP contribution in [0.25, 0.3) is 0 Å². The highest BCUT2D eigenvalue weighted by Gasteiger charge is 2.78. The van der Waals surface area contributed by atoms with E-state index in [1.807, 2.05) is 0 Å². The quantitative estimate of drug-likeness (QED) is 0.172. The summed E-state index contributed by atoms with van der Waals surface area (Å²) >= 11 is 0. The molecule has 2 unspecified atom stereocenters. The molecule has 14 heteroatoms. The topological polar surface area (TPSA) is 182 Å². The summed E-state index contributed by atoms with van der Waals surface area (Å²) in [7, 11) is 2.85. The molecule has 1 aliphatic heterocycles. The number of alkyl carbamates (subject to hydrolysis) is 1. The van der Waals surface area contributed by atoms with Gasteiger partial charge in [0.2, 0.25) is 0 Å². The lowest BCUT2D eigenvalue weighted by Gasteiger charge is -2.67. The van der Waals surface area contributed by atoms with Gasteiger partial charge in [0, 0.05) is 39.4 Å². The number of ether oxygens (including phenoxy) is 7. The molecule has 3 fully saturated rings. The van der Waals surface area contributed by atoms with Gasteiger partial charge in [-0.1, -0.05) is 62.4 Å². The summed E-state index contributed by atoms with van der Waals surface area (Å²) in [4.78, 5) is 70.0. The van der Waals surface area contributed by atoms with Gasteiger partial charge in [-0.3, -0.25) is 14.4 Å². The van der Waals surface area contributed by atoms with E-state index in [9.17, 15) is 24.3 Å². The van der Waals surface area contributed by atoms with E-state index in [0.717, 1.165) is 0 Å². The highest BCUT2D eigenvalue weighted by molar-refractivity contribution is 5.94. The van der Waals surface area contributed by atoms with Gasteiger partial charge in [0.1, 0.15) is 35.6 Å². The Balaban J connectivity index is 1.50. The standard InChI is InChI=1S/C45H57NO13/c1-25-30(56-33(48)21-29(27-17-13-11-14-18-27)46-40(51)59-41(3,4)5)23-45(52)38(57-39(50)28-19-15-12-16-20-28)36-43(8,37(49)35(54-10)34(25)42(45,6)7)31(53-9)22-32-44(36,24-55-32)58-26(2)47/h11-20,29-32,35-36,38,52H,21-24H2,1-10H3,(H,46,51)/t29-,30+,31+,32-,35-,36+,38+,43?,44+,45?/m1/s1. The summed E-state index contributed by atoms with van der Waals surface area (Å²) in [6, 6.07) is 16.2. The van der Waals surface area contributed by atoms with Gasteiger partial charge < -0.3 is 43.6 Å². The third kappa shape index (κ3) is 7.69. The monoisotopic (exact) mass is 819 g/mol. The van der Waals surface area contributed by atoms with E-state index >= 15 is 4.79 Å². The molecule has 2 aromatic rings. The average molecular weight is 820 g/mol. The van der Waals surface area contributed by atoms with Crippen LogP contribution in [0, 0.1) is 16.7 Å². The van der Waals surface area contributed by atoms with Crippen molar-refractivity contribution in [1.82, 2.24) is 5.32 Å². The fourth-order valence-corrected chi connectivity index (χ4v) is 10.0. The van der Waals surface area contributed by atoms with Crippen LogP contribution in [0.3, 0.4) is 0 Å². The molecule has 0 spiro atoms. The third-order valence-corrected chi connectivity index (χ3v) is 12.9. The molecule has 59 heavy (non-hydrogen) atoms. The van der Waals surface area contributed by atoms with E-state index in [-0.39, 0.29) is 31.4 Å². The normalized spacial score (nSPS) is 32.8. The Kier molecular flexibility index (Phi) is 12.0. The fourth-order valence-electron chi connectivity index (χ4n) is 10.0. The number of methoxy groups -OCH3 is 2. The smallest absolute Gasteiger partial charge is 0.408 e. The summed E-state index contributed by atoms with van der Waals surface area (Å²) in [6.07, 6.45) is -6.94. The zero-order valence-corrected chi connectivity index (χ0v) is 35.5. The van der Waals surface area contributed by atoms with Crippen LogP contribution in [0.2, 0.25) is 0 Å². The molecule has 14 nitrogen and oxygen atoms in total. The maximum Gasteiger partial charge on any atom is 0.408 e. The highest BCUT2D eigenvalue weighted by Crippen LogP contribution is 2.64. The molecule has 1 saturated heterocycles. The minimum atomic E-state index is -2.13. The van der Waals surface area contributed by atoms with Crippen LogP contribution in [-0.4, -0.2) is 103 Å². The first-order valence-electron chi connectivity index (χ1n) is 20.0. The fraction of sp³-hybridized carbons (Fsp3) is 0.578. The second kappa shape index (κ2) is 16.1. The van der Waals surface area contributed by atoms with Crippen molar-refractivity contribution >= 4 is 29.8 Å². The number of carbonyl (C=O) groups excluding carboxylic acids is 5. The van der Waals surface area contributed by atoms with Gasteiger partial charge in [-0.25, -0.2) is 9.59 Å². The molecule has 2 N–H and O–H groups in total. The van der Waals surface area contributed by atoms with Gasteiger partial charge >= 0.3 is 24.0 Å². The maximum atomic E-state index is 15.5. The van der Waals surface area contributed by atoms with E-state index in [1.165, 1.54) is 21.1 Å². The van der Waals surface area contributed by atoms with Gasteiger partial charge in [-0.05, 0) is 63.5 Å². The molecule has 1 amide bonds. The average Bonchev–Trinajstić information content (AvgIpc) is 3.16. The molecule has 0 aromatic heterocycles. The first-order valence-corrected chi connectivity index (χ1v) is 20.0. The second-order valence-electron chi connectivity index (χ2n) is 17.9. The van der Waals surface area contributed by atoms with Crippen LogP contribution in [0.15, 0.2) is 71.8 Å². The maximum absolute atomic E-state index is 15.5. The van der Waals surface area contributed by atoms with Gasteiger partial charge in [0.05, 0.1) is 42.1 Å². The molecule has 3 aliphatic carbocycles. The van der Waals surface area contributed by atoms with Crippen molar-refractivity contribution in [3.8, 4) is 0 Å². The first-order chi connectivity index (χ1) is 27.6. The van der Waals surface area contributed by atoms with Crippen LogP contribution in [0.1, 0.15) is 96.6 Å². The lowest BCUT2D eigenvalue weighted by Crippen LogP contribution is -2.82. The number of hydrogen-bond acceptors (Lipinski definition) is 13. The summed E-state index contributed by atoms with van der Waals surface area (Å²) in [5, 5.41) is 16.5. The van der Waals surface area contributed by atoms with Crippen LogP contribution < -0.4 is 5.32 Å². The van der Waals surface area contributed by atoms with Crippen molar-refractivity contribution in [2.75, 3.05) is 20.8 Å². The highest BCUT2D eigenvalue weighted by atomic mass is 16.6. The Labute approximate surface area is 345 Å². The van der Waals surface area contributed by atoms with E-state index in [4.69, 9.17) is 33.2 Å². The molecule has 0 radical (unpaired) electrons. The first kappa shape index (κ1) is 43.9. The number of aliphatic hydroxyl groups is 1. The van der Waals surface area contributed by atoms with Crippen molar-refractivity contribution in [3.63, 3.8) is 0 Å². The molecule has 320 valence electrons. The van der Waals surface area contributed by atoms with Crippen LogP contribution in [0.4, 0.5) is 4.79 Å². The number of fused-ring (bicyclic) bond motifs is 5. The Morgan fingerprint density at radius 2 is 1.58 bits per heavy atom. The number of rotatable bonds is 10. The molecule has 1 heterocycles. The van der Waals surface area contributed by atoms with E-state index in [0.29, 0.717) is 16.7 Å². The number of esters is 3. The zero-order chi connectivity index (χ0) is 43.3. The van der Waals surface area contributed by atoms with E-state index < -0.39 is 99.9 Å². The Hall–Kier alpha value is -4.63. The Morgan fingerprint density at radius 3 is 2.12 bits per heavy atom. The van der Waals surface area contributed by atoms with Crippen LogP contribution in [0.5, 0.6) is 0 Å². The van der Waals surface area contributed by atoms with E-state index in [2.05, 4.69) is 5.32 Å². The number of nitrogens with one attached hydrogen (secondary N) is 1. The molecule has 6 rings (SSSR count). The number of ketones is 1. The van der Waals surface area contributed by atoms with Gasteiger partial charge in [-0.2, -0.15) is 0 Å². The van der Waals surface area contributed by atoms with Gasteiger partial charge in [0.15, 0.2) is 11.4 Å². The Bertz CT molecular complexity index is 1980. The molecule has 4 aliphatic rings. The Morgan fingerprint density at radius 1 is 0.949 bits per heavy atom. The summed E-state index contributed by atoms with van der Waals surface area (Å²) in [6.45, 7) is 13.1. The summed E-state index contributed by atoms with van der Waals surface area (Å²) in [5.41, 5.74) is -5.89. The second-order valence-corrected chi connectivity index (χ2v) is 17.9. The van der Waals surface area contributed by atoms with Crippen molar-refractivity contribution in [2.24, 2.45) is 16.7 Å². The lowest BCUT2D eigenvalue weighted by atomic mass is 9.44. The van der Waals surface area contributed by atoms with Crippen molar-refractivity contribution < 1.29 is 62.2 Å². The third-order valence-electron chi connectivity index (χ3n) is 12.9. The van der Waals surface area contributed by atoms with Crippen molar-refractivity contribution in [1.29, 1.82) is 0 Å². The van der Waals surface area contributed by atoms with Crippen molar-refractivity contribution in [2.45, 2.75) is 128 Å². The minimum Gasteiger partial charge on any atom is -0.458 e. The van der Waals surface area contributed by atoms with Gasteiger partial charge in [-0.15, -0.1) is 0 Å². The summed E-state index contributed by atoms with van der Waals surface area (Å²) in [5.74, 6) is -3.91. The van der Waals surface area contributed by atoms with E-state index in [1.54, 1.807) is 109 Å². The predicted molar refractivity (Wildman–Crippen MR) is 212 cm³/mol. The number of carbonyl (C=O) groups is 5. The number of amides is 1. The van der Waals surface area contributed by atoms with Crippen LogP contribution in [-0.2, 0) is 47.5 Å². The van der Waals surface area contributed by atoms with Crippen LogP contribution >= 0.6 is 0 Å².